The fourth-order valence-corrected chi connectivity index (χ4v) is 4.09. The fourth-order valence-electron chi connectivity index (χ4n) is 4.09. The van der Waals surface area contributed by atoms with E-state index in [4.69, 9.17) is 5.73 Å². The van der Waals surface area contributed by atoms with Crippen molar-refractivity contribution in [3.8, 4) is 0 Å². The lowest BCUT2D eigenvalue weighted by molar-refractivity contribution is -0.137. The van der Waals surface area contributed by atoms with Crippen molar-refractivity contribution in [3.63, 3.8) is 0 Å². The second-order valence-corrected chi connectivity index (χ2v) is 6.58. The Balaban J connectivity index is 1.83. The van der Waals surface area contributed by atoms with Crippen molar-refractivity contribution in [1.82, 2.24) is 4.90 Å². The molecule has 2 rings (SSSR count). The van der Waals surface area contributed by atoms with Crippen molar-refractivity contribution >= 4 is 5.91 Å². The Kier molecular flexibility index (Phi) is 5.85. The van der Waals surface area contributed by atoms with Crippen LogP contribution in [0.3, 0.4) is 0 Å². The molecule has 0 aromatic heterocycles. The zero-order valence-corrected chi connectivity index (χ0v) is 12.8. The van der Waals surface area contributed by atoms with Gasteiger partial charge in [0.15, 0.2) is 0 Å². The number of amides is 1. The number of aliphatic hydroxyl groups excluding tert-OH is 1. The molecule has 1 amide bonds. The lowest BCUT2D eigenvalue weighted by atomic mass is 9.93. The number of carbonyl (C=O) groups is 1. The second-order valence-electron chi connectivity index (χ2n) is 6.58. The van der Waals surface area contributed by atoms with Crippen molar-refractivity contribution in [2.75, 3.05) is 6.54 Å². The number of fused-ring (bicyclic) bond motifs is 2. The lowest BCUT2D eigenvalue weighted by Crippen LogP contribution is -2.48. The van der Waals surface area contributed by atoms with Crippen molar-refractivity contribution in [2.24, 2.45) is 11.7 Å². The Labute approximate surface area is 122 Å². The van der Waals surface area contributed by atoms with Crippen LogP contribution in [-0.4, -0.2) is 40.6 Å². The van der Waals surface area contributed by atoms with E-state index in [1.54, 1.807) is 0 Å². The molecule has 3 atom stereocenters. The molecule has 0 aromatic carbocycles. The molecule has 2 fully saturated rings. The van der Waals surface area contributed by atoms with Gasteiger partial charge in [0, 0.05) is 18.5 Å². The summed E-state index contributed by atoms with van der Waals surface area (Å²) in [5.41, 5.74) is 5.66. The quantitative estimate of drug-likeness (QED) is 0.751. The maximum atomic E-state index is 12.5. The van der Waals surface area contributed by atoms with E-state index >= 15 is 0 Å². The summed E-state index contributed by atoms with van der Waals surface area (Å²) in [5.74, 6) is 0.907. The predicted molar refractivity (Wildman–Crippen MR) is 80.2 cm³/mol. The molecule has 116 valence electrons. The summed E-state index contributed by atoms with van der Waals surface area (Å²) in [5, 5.41) is 9.80. The van der Waals surface area contributed by atoms with Crippen LogP contribution in [0.2, 0.25) is 0 Å². The third kappa shape index (κ3) is 3.73. The van der Waals surface area contributed by atoms with E-state index in [-0.39, 0.29) is 6.10 Å². The Bertz CT molecular complexity index is 302. The average molecular weight is 282 g/mol. The van der Waals surface area contributed by atoms with Gasteiger partial charge in [-0.2, -0.15) is 0 Å². The molecule has 0 aliphatic carbocycles. The van der Waals surface area contributed by atoms with Gasteiger partial charge in [0.05, 0.1) is 6.10 Å². The first-order chi connectivity index (χ1) is 9.65. The molecule has 2 saturated heterocycles. The van der Waals surface area contributed by atoms with Gasteiger partial charge in [0.25, 0.3) is 0 Å². The first-order valence-corrected chi connectivity index (χ1v) is 8.35. The number of piperidine rings is 1. The fraction of sp³-hybridized carbons (Fsp3) is 0.938. The molecule has 4 nitrogen and oxygen atoms in total. The molecule has 3 unspecified atom stereocenters. The average Bonchev–Trinajstić information content (AvgIpc) is 2.68. The molecular formula is C16H30N2O2. The van der Waals surface area contributed by atoms with Gasteiger partial charge >= 0.3 is 0 Å². The van der Waals surface area contributed by atoms with E-state index in [0.29, 0.717) is 30.3 Å². The smallest absolute Gasteiger partial charge is 0.223 e. The van der Waals surface area contributed by atoms with Crippen LogP contribution in [0.1, 0.15) is 64.7 Å². The van der Waals surface area contributed by atoms with E-state index in [1.165, 1.54) is 12.8 Å². The minimum atomic E-state index is -0.193. The zero-order valence-electron chi connectivity index (χ0n) is 12.8. The number of aliphatic hydroxyl groups is 1. The minimum Gasteiger partial charge on any atom is -0.393 e. The van der Waals surface area contributed by atoms with Crippen molar-refractivity contribution in [3.05, 3.63) is 0 Å². The zero-order chi connectivity index (χ0) is 14.5. The standard InChI is InChI=1S/C16H30N2O2/c1-2-3-12(8-9-17)4-7-16(20)18-13-5-6-14(18)11-15(19)10-13/h12-15,19H,2-11,17H2,1H3. The lowest BCUT2D eigenvalue weighted by Gasteiger charge is -2.37. The molecule has 2 aliphatic heterocycles. The summed E-state index contributed by atoms with van der Waals surface area (Å²) >= 11 is 0. The largest absolute Gasteiger partial charge is 0.393 e. The molecule has 0 aromatic rings. The predicted octanol–water partition coefficient (Wildman–Crippen LogP) is 2.05. The molecule has 2 aliphatic rings. The first-order valence-electron chi connectivity index (χ1n) is 8.35. The van der Waals surface area contributed by atoms with Crippen LogP contribution in [0, 0.1) is 5.92 Å². The summed E-state index contributed by atoms with van der Waals surface area (Å²) in [6.07, 6.45) is 8.54. The Morgan fingerprint density at radius 1 is 1.25 bits per heavy atom. The monoisotopic (exact) mass is 282 g/mol. The van der Waals surface area contributed by atoms with E-state index in [2.05, 4.69) is 11.8 Å². The van der Waals surface area contributed by atoms with E-state index in [1.807, 2.05) is 0 Å². The highest BCUT2D eigenvalue weighted by Crippen LogP contribution is 2.36. The van der Waals surface area contributed by atoms with E-state index in [0.717, 1.165) is 45.1 Å². The van der Waals surface area contributed by atoms with Gasteiger partial charge in [-0.25, -0.2) is 0 Å². The highest BCUT2D eigenvalue weighted by molar-refractivity contribution is 5.77. The van der Waals surface area contributed by atoms with Crippen molar-refractivity contribution < 1.29 is 9.90 Å². The van der Waals surface area contributed by atoms with Crippen LogP contribution < -0.4 is 5.73 Å². The Morgan fingerprint density at radius 2 is 1.90 bits per heavy atom. The van der Waals surface area contributed by atoms with Gasteiger partial charge < -0.3 is 15.7 Å². The van der Waals surface area contributed by atoms with Crippen LogP contribution in [0.5, 0.6) is 0 Å². The van der Waals surface area contributed by atoms with Crippen LogP contribution >= 0.6 is 0 Å². The van der Waals surface area contributed by atoms with Gasteiger partial charge in [-0.3, -0.25) is 4.79 Å². The molecular weight excluding hydrogens is 252 g/mol. The highest BCUT2D eigenvalue weighted by atomic mass is 16.3. The Morgan fingerprint density at radius 3 is 2.45 bits per heavy atom. The molecule has 2 bridgehead atoms. The van der Waals surface area contributed by atoms with Crippen LogP contribution in [0.15, 0.2) is 0 Å². The molecule has 4 heteroatoms. The number of carbonyl (C=O) groups excluding carboxylic acids is 1. The second kappa shape index (κ2) is 7.41. The highest BCUT2D eigenvalue weighted by Gasteiger charge is 2.42. The normalized spacial score (nSPS) is 30.6. The number of nitrogens with two attached hydrogens (primary N) is 1. The third-order valence-corrected chi connectivity index (χ3v) is 5.03. The number of hydrogen-bond donors (Lipinski definition) is 2. The summed E-state index contributed by atoms with van der Waals surface area (Å²) in [6.45, 7) is 2.91. The molecule has 0 radical (unpaired) electrons. The summed E-state index contributed by atoms with van der Waals surface area (Å²) in [4.78, 5) is 14.6. The SMILES string of the molecule is CCCC(CCN)CCC(=O)N1C2CCC1CC(O)C2. The molecule has 2 heterocycles. The molecule has 20 heavy (non-hydrogen) atoms. The maximum absolute atomic E-state index is 12.5. The number of hydrogen-bond acceptors (Lipinski definition) is 3. The van der Waals surface area contributed by atoms with E-state index < -0.39 is 0 Å². The summed E-state index contributed by atoms with van der Waals surface area (Å²) < 4.78 is 0. The first kappa shape index (κ1) is 15.8. The van der Waals surface area contributed by atoms with E-state index in [9.17, 15) is 9.90 Å². The summed E-state index contributed by atoms with van der Waals surface area (Å²) in [6, 6.07) is 0.603. The molecule has 0 spiro atoms. The molecule has 3 N–H and O–H groups in total. The maximum Gasteiger partial charge on any atom is 0.223 e. The number of nitrogens with zero attached hydrogens (tertiary/aromatic N) is 1. The van der Waals surface area contributed by atoms with Crippen LogP contribution in [0.25, 0.3) is 0 Å². The van der Waals surface area contributed by atoms with Gasteiger partial charge in [0.2, 0.25) is 5.91 Å². The van der Waals surface area contributed by atoms with Gasteiger partial charge in [-0.15, -0.1) is 0 Å². The topological polar surface area (TPSA) is 66.6 Å². The summed E-state index contributed by atoms with van der Waals surface area (Å²) in [7, 11) is 0. The number of rotatable bonds is 7. The van der Waals surface area contributed by atoms with Crippen molar-refractivity contribution in [1.29, 1.82) is 0 Å². The minimum absolute atomic E-state index is 0.193. The van der Waals surface area contributed by atoms with Crippen LogP contribution in [-0.2, 0) is 4.79 Å². The van der Waals surface area contributed by atoms with Gasteiger partial charge in [-0.05, 0) is 51.0 Å². The molecule has 0 saturated carbocycles. The Hall–Kier alpha value is -0.610. The third-order valence-electron chi connectivity index (χ3n) is 5.03. The van der Waals surface area contributed by atoms with Gasteiger partial charge in [-0.1, -0.05) is 19.8 Å². The van der Waals surface area contributed by atoms with Gasteiger partial charge in [0.1, 0.15) is 0 Å². The van der Waals surface area contributed by atoms with Crippen molar-refractivity contribution in [2.45, 2.75) is 82.9 Å². The van der Waals surface area contributed by atoms with Crippen LogP contribution in [0.4, 0.5) is 0 Å².